The van der Waals surface area contributed by atoms with E-state index in [1.807, 2.05) is 0 Å². The number of allylic oxidation sites excluding steroid dienone is 1. The van der Waals surface area contributed by atoms with Crippen molar-refractivity contribution in [2.24, 2.45) is 5.92 Å². The molecular weight excluding hydrogens is 174 g/mol. The molecule has 2 aliphatic rings. The molecule has 0 aliphatic carbocycles. The van der Waals surface area contributed by atoms with Crippen LogP contribution in [0.2, 0.25) is 0 Å². The first-order valence-corrected chi connectivity index (χ1v) is 5.72. The lowest BCUT2D eigenvalue weighted by atomic mass is 9.92. The maximum Gasteiger partial charge on any atom is 0.0618 e. The Balaban J connectivity index is 2.12. The number of nitrogens with zero attached hydrogens (tertiary/aromatic N) is 1. The lowest BCUT2D eigenvalue weighted by Crippen LogP contribution is -2.41. The van der Waals surface area contributed by atoms with E-state index in [0.717, 1.165) is 13.0 Å². The van der Waals surface area contributed by atoms with Gasteiger partial charge in [-0.05, 0) is 31.7 Å². The fraction of sp³-hybridized carbons (Fsp3) is 0.833. The Kier molecular flexibility index (Phi) is 2.67. The minimum atomic E-state index is 0.126. The molecule has 2 nitrogen and oxygen atoms in total. The summed E-state index contributed by atoms with van der Waals surface area (Å²) in [4.78, 5) is 2.47. The maximum absolute atomic E-state index is 9.51. The first-order valence-electron chi connectivity index (χ1n) is 5.72. The van der Waals surface area contributed by atoms with Crippen LogP contribution in [-0.4, -0.2) is 35.2 Å². The molecule has 1 N–H and O–H groups in total. The van der Waals surface area contributed by atoms with E-state index >= 15 is 0 Å². The zero-order chi connectivity index (χ0) is 10.2. The zero-order valence-corrected chi connectivity index (χ0v) is 9.29. The zero-order valence-electron chi connectivity index (χ0n) is 9.29. The van der Waals surface area contributed by atoms with Crippen LogP contribution in [0.1, 0.15) is 33.1 Å². The summed E-state index contributed by atoms with van der Waals surface area (Å²) in [6.07, 6.45) is 5.91. The third-order valence-corrected chi connectivity index (χ3v) is 3.55. The van der Waals surface area contributed by atoms with Gasteiger partial charge in [0.05, 0.1) is 6.61 Å². The van der Waals surface area contributed by atoms with Crippen molar-refractivity contribution in [2.75, 3.05) is 19.7 Å². The number of hydrogen-bond donors (Lipinski definition) is 1. The summed E-state index contributed by atoms with van der Waals surface area (Å²) in [6.45, 7) is 7.06. The average molecular weight is 195 g/mol. The SMILES string of the molecule is CC(C)/C=C1\CN2CCCC2(CO)C1. The number of aliphatic hydroxyl groups is 1. The summed E-state index contributed by atoms with van der Waals surface area (Å²) in [5.41, 5.74) is 1.66. The van der Waals surface area contributed by atoms with Crippen LogP contribution in [0.25, 0.3) is 0 Å². The van der Waals surface area contributed by atoms with Gasteiger partial charge in [-0.2, -0.15) is 0 Å². The third kappa shape index (κ3) is 1.61. The van der Waals surface area contributed by atoms with Gasteiger partial charge in [-0.1, -0.05) is 25.5 Å². The molecule has 2 fully saturated rings. The normalized spacial score (nSPS) is 35.9. The molecule has 80 valence electrons. The van der Waals surface area contributed by atoms with E-state index in [4.69, 9.17) is 0 Å². The Bertz CT molecular complexity index is 247. The Labute approximate surface area is 86.6 Å². The van der Waals surface area contributed by atoms with Crippen LogP contribution in [0.15, 0.2) is 11.6 Å². The molecule has 0 amide bonds. The van der Waals surface area contributed by atoms with Crippen molar-refractivity contribution in [1.82, 2.24) is 4.90 Å². The van der Waals surface area contributed by atoms with Crippen molar-refractivity contribution < 1.29 is 5.11 Å². The Morgan fingerprint density at radius 1 is 1.57 bits per heavy atom. The van der Waals surface area contributed by atoms with Gasteiger partial charge >= 0.3 is 0 Å². The van der Waals surface area contributed by atoms with Gasteiger partial charge in [-0.3, -0.25) is 4.90 Å². The van der Waals surface area contributed by atoms with Crippen LogP contribution in [0.4, 0.5) is 0 Å². The molecule has 0 radical (unpaired) electrons. The molecule has 0 aromatic rings. The fourth-order valence-corrected chi connectivity index (χ4v) is 2.98. The van der Waals surface area contributed by atoms with Crippen LogP contribution in [0.3, 0.4) is 0 Å². The molecule has 0 saturated carbocycles. The fourth-order valence-electron chi connectivity index (χ4n) is 2.98. The number of fused-ring (bicyclic) bond motifs is 1. The Morgan fingerprint density at radius 3 is 2.93 bits per heavy atom. The van der Waals surface area contributed by atoms with Gasteiger partial charge in [0.2, 0.25) is 0 Å². The first-order chi connectivity index (χ1) is 6.66. The highest BCUT2D eigenvalue weighted by Gasteiger charge is 2.45. The lowest BCUT2D eigenvalue weighted by molar-refractivity contribution is 0.1000. The van der Waals surface area contributed by atoms with Crippen molar-refractivity contribution in [1.29, 1.82) is 0 Å². The van der Waals surface area contributed by atoms with Crippen LogP contribution in [0.5, 0.6) is 0 Å². The van der Waals surface area contributed by atoms with Crippen LogP contribution >= 0.6 is 0 Å². The Hall–Kier alpha value is -0.340. The van der Waals surface area contributed by atoms with Gasteiger partial charge in [0.15, 0.2) is 0 Å². The molecule has 2 heterocycles. The van der Waals surface area contributed by atoms with E-state index in [9.17, 15) is 5.11 Å². The third-order valence-electron chi connectivity index (χ3n) is 3.55. The predicted octanol–water partition coefficient (Wildman–Crippen LogP) is 1.80. The number of aliphatic hydroxyl groups excluding tert-OH is 1. The summed E-state index contributed by atoms with van der Waals surface area (Å²) in [6, 6.07) is 0. The quantitative estimate of drug-likeness (QED) is 0.679. The van der Waals surface area contributed by atoms with Gasteiger partial charge in [-0.15, -0.1) is 0 Å². The molecule has 1 unspecified atom stereocenters. The first kappa shape index (κ1) is 10.2. The van der Waals surface area contributed by atoms with Crippen molar-refractivity contribution in [3.05, 3.63) is 11.6 Å². The smallest absolute Gasteiger partial charge is 0.0618 e. The molecular formula is C12H21NO. The summed E-state index contributed by atoms with van der Waals surface area (Å²) >= 11 is 0. The molecule has 0 aromatic carbocycles. The highest BCUT2D eigenvalue weighted by atomic mass is 16.3. The standard InChI is InChI=1S/C12H21NO/c1-10(2)6-11-7-12(9-14)4-3-5-13(12)8-11/h6,10,14H,3-5,7-9H2,1-2H3/b11-6-. The van der Waals surface area contributed by atoms with Gasteiger partial charge in [-0.25, -0.2) is 0 Å². The lowest BCUT2D eigenvalue weighted by Gasteiger charge is -2.28. The molecule has 2 aliphatic heterocycles. The van der Waals surface area contributed by atoms with Crippen molar-refractivity contribution in [3.8, 4) is 0 Å². The van der Waals surface area contributed by atoms with Crippen LogP contribution in [-0.2, 0) is 0 Å². The molecule has 2 saturated heterocycles. The van der Waals surface area contributed by atoms with Crippen molar-refractivity contribution in [2.45, 2.75) is 38.6 Å². The second kappa shape index (κ2) is 3.67. The van der Waals surface area contributed by atoms with E-state index in [0.29, 0.717) is 12.5 Å². The highest BCUT2D eigenvalue weighted by molar-refractivity contribution is 5.21. The monoisotopic (exact) mass is 195 g/mol. The number of hydrogen-bond acceptors (Lipinski definition) is 2. The van der Waals surface area contributed by atoms with Gasteiger partial charge in [0, 0.05) is 12.1 Å². The van der Waals surface area contributed by atoms with Crippen molar-refractivity contribution in [3.63, 3.8) is 0 Å². The second-order valence-corrected chi connectivity index (χ2v) is 5.15. The summed E-state index contributed by atoms with van der Waals surface area (Å²) in [5.74, 6) is 0.640. The van der Waals surface area contributed by atoms with E-state index in [1.54, 1.807) is 0 Å². The minimum Gasteiger partial charge on any atom is -0.394 e. The van der Waals surface area contributed by atoms with Crippen molar-refractivity contribution >= 4 is 0 Å². The molecule has 1 atom stereocenters. The average Bonchev–Trinajstić information content (AvgIpc) is 2.59. The topological polar surface area (TPSA) is 23.5 Å². The van der Waals surface area contributed by atoms with Crippen LogP contribution < -0.4 is 0 Å². The summed E-state index contributed by atoms with van der Waals surface area (Å²) in [5, 5.41) is 9.51. The summed E-state index contributed by atoms with van der Waals surface area (Å²) < 4.78 is 0. The van der Waals surface area contributed by atoms with E-state index in [1.165, 1.54) is 25.0 Å². The molecule has 14 heavy (non-hydrogen) atoms. The van der Waals surface area contributed by atoms with Gasteiger partial charge in [0.25, 0.3) is 0 Å². The van der Waals surface area contributed by atoms with E-state index in [-0.39, 0.29) is 5.54 Å². The van der Waals surface area contributed by atoms with Gasteiger partial charge < -0.3 is 5.11 Å². The molecule has 0 bridgehead atoms. The highest BCUT2D eigenvalue weighted by Crippen LogP contribution is 2.41. The van der Waals surface area contributed by atoms with E-state index < -0.39 is 0 Å². The largest absolute Gasteiger partial charge is 0.394 e. The second-order valence-electron chi connectivity index (χ2n) is 5.15. The maximum atomic E-state index is 9.51. The number of rotatable bonds is 2. The minimum absolute atomic E-state index is 0.126. The molecule has 0 spiro atoms. The summed E-state index contributed by atoms with van der Waals surface area (Å²) in [7, 11) is 0. The van der Waals surface area contributed by atoms with Crippen LogP contribution in [0, 0.1) is 5.92 Å². The molecule has 2 heteroatoms. The molecule has 0 aromatic heterocycles. The molecule has 2 rings (SSSR count). The predicted molar refractivity (Wildman–Crippen MR) is 58.2 cm³/mol. The van der Waals surface area contributed by atoms with E-state index in [2.05, 4.69) is 24.8 Å². The Morgan fingerprint density at radius 2 is 2.36 bits per heavy atom. The van der Waals surface area contributed by atoms with Gasteiger partial charge in [0.1, 0.15) is 0 Å².